The smallest absolute Gasteiger partial charge is 0.444 e. The molecule has 0 bridgehead atoms. The Morgan fingerprint density at radius 3 is 2.39 bits per heavy atom. The standard InChI is InChI=1S/C21H33BN2O4/c1-19(2,3)26-18(25)24-12-10-15(11-13-24)17-9-8-16(14-23-17)22-27-20(4,5)21(6,7)28-22/h8-9,14-15H,10-13H2,1-7H3/i8D,9D,10D2,11D2,12D2,13D2,14D,15D. The quantitative estimate of drug-likeness (QED) is 0.712. The van der Waals surface area contributed by atoms with E-state index in [1.54, 1.807) is 27.7 Å². The average Bonchev–Trinajstić information content (AvgIpc) is 2.93. The Morgan fingerprint density at radius 2 is 1.86 bits per heavy atom. The van der Waals surface area contributed by atoms with Crippen LogP contribution in [0, 0.1) is 0 Å². The van der Waals surface area contributed by atoms with Crippen molar-refractivity contribution in [3.8, 4) is 0 Å². The van der Waals surface area contributed by atoms with E-state index >= 15 is 0 Å². The number of aromatic nitrogens is 1. The third kappa shape index (κ3) is 4.52. The molecule has 1 amide bonds. The Balaban J connectivity index is 2.29. The lowest BCUT2D eigenvalue weighted by Crippen LogP contribution is -2.41. The van der Waals surface area contributed by atoms with Crippen LogP contribution < -0.4 is 5.46 Å². The van der Waals surface area contributed by atoms with E-state index in [0.717, 1.165) is 0 Å². The van der Waals surface area contributed by atoms with E-state index in [-0.39, 0.29) is 10.4 Å². The largest absolute Gasteiger partial charge is 0.496 e. The van der Waals surface area contributed by atoms with Crippen LogP contribution in [0.4, 0.5) is 4.79 Å². The van der Waals surface area contributed by atoms with Crippen LogP contribution in [0.5, 0.6) is 0 Å². The summed E-state index contributed by atoms with van der Waals surface area (Å²) in [6, 6.07) is -1.87. The predicted octanol–water partition coefficient (Wildman–Crippen LogP) is 3.50. The van der Waals surface area contributed by atoms with Gasteiger partial charge in [0.2, 0.25) is 0 Å². The summed E-state index contributed by atoms with van der Waals surface area (Å²) < 4.78 is 120. The SMILES string of the molecule is [2H]c1nc(C2([2H])C([2H])([2H])C([2H])([2H])N(C(=O)OC(C)(C)C)C([2H])([2H])C2([2H])[2H])c([2H])c([2H])c1B1OC(C)(C)C(C)(C)O1. The van der Waals surface area contributed by atoms with Crippen molar-refractivity contribution in [3.05, 3.63) is 24.0 Å². The van der Waals surface area contributed by atoms with Crippen LogP contribution in [-0.4, -0.2) is 52.9 Å². The van der Waals surface area contributed by atoms with Crippen LogP contribution in [0.1, 0.15) is 89.2 Å². The first-order chi connectivity index (χ1) is 17.5. The second-order valence-corrected chi connectivity index (χ2v) is 8.49. The molecule has 2 saturated heterocycles. The summed E-state index contributed by atoms with van der Waals surface area (Å²) >= 11 is 0. The fourth-order valence-electron chi connectivity index (χ4n) is 2.29. The lowest BCUT2D eigenvalue weighted by atomic mass is 9.80. The van der Waals surface area contributed by atoms with Gasteiger partial charge in [-0.3, -0.25) is 4.98 Å². The molecule has 0 N–H and O–H groups in total. The number of ether oxygens (including phenoxy) is 1. The first-order valence-corrected chi connectivity index (χ1v) is 8.90. The van der Waals surface area contributed by atoms with Gasteiger partial charge < -0.3 is 18.9 Å². The van der Waals surface area contributed by atoms with Crippen molar-refractivity contribution in [2.24, 2.45) is 0 Å². The zero-order chi connectivity index (χ0) is 31.4. The Hall–Kier alpha value is -1.60. The van der Waals surface area contributed by atoms with Gasteiger partial charge in [0.15, 0.2) is 0 Å². The normalized spacial score (nSPS) is 37.0. The molecule has 0 saturated carbocycles. The fraction of sp³-hybridized carbons (Fsp3) is 0.714. The van der Waals surface area contributed by atoms with Gasteiger partial charge in [0.05, 0.1) is 15.3 Å². The number of pyridine rings is 1. The molecule has 28 heavy (non-hydrogen) atoms. The number of rotatable bonds is 2. The van der Waals surface area contributed by atoms with Crippen LogP contribution in [0.25, 0.3) is 0 Å². The van der Waals surface area contributed by atoms with Crippen LogP contribution >= 0.6 is 0 Å². The molecule has 0 atom stereocenters. The van der Waals surface area contributed by atoms with Gasteiger partial charge in [0.1, 0.15) is 5.60 Å². The molecule has 2 aliphatic rings. The van der Waals surface area contributed by atoms with Crippen molar-refractivity contribution in [1.82, 2.24) is 9.88 Å². The van der Waals surface area contributed by atoms with Crippen LogP contribution in [0.2, 0.25) is 0 Å². The minimum Gasteiger partial charge on any atom is -0.444 e. The van der Waals surface area contributed by atoms with Crippen molar-refractivity contribution in [3.63, 3.8) is 0 Å². The van der Waals surface area contributed by atoms with E-state index in [9.17, 15) is 4.79 Å². The number of hydrogen-bond donors (Lipinski definition) is 0. The molecule has 0 aromatic carbocycles. The summed E-state index contributed by atoms with van der Waals surface area (Å²) in [6.07, 6.45) is -10.2. The number of amides is 1. The van der Waals surface area contributed by atoms with Crippen molar-refractivity contribution >= 4 is 18.7 Å². The van der Waals surface area contributed by atoms with E-state index in [4.69, 9.17) is 30.5 Å². The molecular formula is C21H33BN2O4. The molecule has 0 radical (unpaired) electrons. The third-order valence-corrected chi connectivity index (χ3v) is 4.49. The second kappa shape index (κ2) is 7.34. The fourth-order valence-corrected chi connectivity index (χ4v) is 2.29. The topological polar surface area (TPSA) is 60.9 Å². The molecule has 6 nitrogen and oxygen atoms in total. The van der Waals surface area contributed by atoms with Gasteiger partial charge in [-0.25, -0.2) is 4.79 Å². The zero-order valence-electron chi connectivity index (χ0n) is 29.1. The number of carbonyl (C=O) groups excluding carboxylic acids is 1. The van der Waals surface area contributed by atoms with Crippen LogP contribution in [0.3, 0.4) is 0 Å². The van der Waals surface area contributed by atoms with E-state index in [1.165, 1.54) is 20.8 Å². The molecular weight excluding hydrogens is 355 g/mol. The average molecular weight is 400 g/mol. The molecule has 2 fully saturated rings. The first kappa shape index (κ1) is 10.4. The third-order valence-electron chi connectivity index (χ3n) is 4.49. The predicted molar refractivity (Wildman–Crippen MR) is 110 cm³/mol. The molecule has 1 aromatic heterocycles. The Kier molecular flexibility index (Phi) is 2.74. The molecule has 0 spiro atoms. The molecule has 154 valence electrons. The van der Waals surface area contributed by atoms with Gasteiger partial charge >= 0.3 is 13.2 Å². The number of piperidine rings is 1. The van der Waals surface area contributed by atoms with E-state index in [2.05, 4.69) is 4.98 Å². The van der Waals surface area contributed by atoms with Crippen molar-refractivity contribution in [2.45, 2.75) is 83.9 Å². The van der Waals surface area contributed by atoms with E-state index < -0.39 is 85.6 Å². The molecule has 2 aliphatic heterocycles. The van der Waals surface area contributed by atoms with Crippen molar-refractivity contribution in [2.75, 3.05) is 13.0 Å². The van der Waals surface area contributed by atoms with Gasteiger partial charge in [0, 0.05) is 48.6 Å². The van der Waals surface area contributed by atoms with E-state index in [0.29, 0.717) is 0 Å². The highest BCUT2D eigenvalue weighted by molar-refractivity contribution is 6.62. The Morgan fingerprint density at radius 1 is 1.29 bits per heavy atom. The molecule has 0 aliphatic carbocycles. The summed E-state index contributed by atoms with van der Waals surface area (Å²) in [7, 11) is -1.36. The summed E-state index contributed by atoms with van der Waals surface area (Å²) in [6.45, 7) is 3.50. The first-order valence-electron chi connectivity index (χ1n) is 14.9. The Labute approximate surface area is 185 Å². The molecule has 3 heterocycles. The van der Waals surface area contributed by atoms with Gasteiger partial charge in [-0.05, 0) is 67.3 Å². The summed E-state index contributed by atoms with van der Waals surface area (Å²) in [5, 5.41) is 0. The lowest BCUT2D eigenvalue weighted by molar-refractivity contribution is 0.00578. The highest BCUT2D eigenvalue weighted by Crippen LogP contribution is 2.36. The summed E-state index contributed by atoms with van der Waals surface area (Å²) in [4.78, 5) is 16.4. The zero-order valence-corrected chi connectivity index (χ0v) is 17.1. The summed E-state index contributed by atoms with van der Waals surface area (Å²) in [5.41, 5.74) is -4.67. The van der Waals surface area contributed by atoms with Gasteiger partial charge in [-0.15, -0.1) is 0 Å². The van der Waals surface area contributed by atoms with Gasteiger partial charge in [0.25, 0.3) is 0 Å². The maximum absolute atomic E-state index is 12.9. The van der Waals surface area contributed by atoms with Crippen molar-refractivity contribution in [1.29, 1.82) is 0 Å². The van der Waals surface area contributed by atoms with Crippen LogP contribution in [-0.2, 0) is 14.0 Å². The minimum absolute atomic E-state index is 0.352. The molecule has 3 rings (SSSR count). The molecule has 7 heteroatoms. The van der Waals surface area contributed by atoms with Gasteiger partial charge in [-0.2, -0.15) is 0 Å². The van der Waals surface area contributed by atoms with Crippen LogP contribution in [0.15, 0.2) is 18.3 Å². The monoisotopic (exact) mass is 400 g/mol. The summed E-state index contributed by atoms with van der Waals surface area (Å²) in [5.74, 6) is -3.69. The maximum atomic E-state index is 12.9. The lowest BCUT2D eigenvalue weighted by Gasteiger charge is -2.33. The van der Waals surface area contributed by atoms with E-state index in [1.807, 2.05) is 0 Å². The number of likely N-dealkylation sites (tertiary alicyclic amines) is 1. The second-order valence-electron chi connectivity index (χ2n) is 8.49. The number of carbonyl (C=O) groups is 1. The molecule has 0 unspecified atom stereocenters. The highest BCUT2D eigenvalue weighted by atomic mass is 16.7. The van der Waals surface area contributed by atoms with Gasteiger partial charge in [-0.1, -0.05) is 6.04 Å². The highest BCUT2D eigenvalue weighted by Gasteiger charge is 2.51. The number of nitrogens with zero attached hydrogens (tertiary/aromatic N) is 2. The maximum Gasteiger partial charge on any atom is 0.496 e. The molecule has 1 aromatic rings. The van der Waals surface area contributed by atoms with Crippen molar-refractivity contribution < 1.29 is 35.3 Å². The Bertz CT molecular complexity index is 1190. The number of hydrogen-bond acceptors (Lipinski definition) is 5. The minimum atomic E-state index is -3.81.